The molecule has 0 aliphatic rings. The first kappa shape index (κ1) is 22.4. The molecule has 0 aliphatic heterocycles. The Morgan fingerprint density at radius 1 is 1.03 bits per heavy atom. The first-order chi connectivity index (χ1) is 14.7. The molecule has 1 heterocycles. The predicted molar refractivity (Wildman–Crippen MR) is 119 cm³/mol. The summed E-state index contributed by atoms with van der Waals surface area (Å²) in [5.74, 6) is -0.195. The molecule has 3 aromatic rings. The van der Waals surface area contributed by atoms with Gasteiger partial charge in [-0.3, -0.25) is 9.59 Å². The number of hydrogen-bond donors (Lipinski definition) is 1. The van der Waals surface area contributed by atoms with E-state index in [0.717, 1.165) is 34.4 Å². The van der Waals surface area contributed by atoms with Crippen molar-refractivity contribution in [2.24, 2.45) is 0 Å². The second-order valence-corrected chi connectivity index (χ2v) is 9.35. The maximum absolute atomic E-state index is 13.0. The van der Waals surface area contributed by atoms with Crippen molar-refractivity contribution in [3.05, 3.63) is 82.1 Å². The van der Waals surface area contributed by atoms with Crippen molar-refractivity contribution in [2.75, 3.05) is 5.32 Å². The average Bonchev–Trinajstić information content (AvgIpc) is 2.75. The van der Waals surface area contributed by atoms with Crippen molar-refractivity contribution >= 4 is 21.4 Å². The van der Waals surface area contributed by atoms with Crippen molar-refractivity contribution in [3.8, 4) is 0 Å². The summed E-state index contributed by atoms with van der Waals surface area (Å²) in [4.78, 5) is 24.7. The molecule has 1 aromatic heterocycles. The van der Waals surface area contributed by atoms with Gasteiger partial charge < -0.3 is 5.32 Å². The van der Waals surface area contributed by atoms with E-state index in [4.69, 9.17) is 0 Å². The molecule has 0 atom stereocenters. The maximum atomic E-state index is 13.0. The van der Waals surface area contributed by atoms with Gasteiger partial charge in [0.1, 0.15) is 6.54 Å². The molecule has 0 saturated heterocycles. The molecule has 8 heteroatoms. The Hall–Kier alpha value is -3.26. The van der Waals surface area contributed by atoms with Gasteiger partial charge in [0, 0.05) is 11.8 Å². The maximum Gasteiger partial charge on any atom is 0.267 e. The highest BCUT2D eigenvalue weighted by Crippen LogP contribution is 2.21. The van der Waals surface area contributed by atoms with Gasteiger partial charge in [-0.05, 0) is 47.7 Å². The van der Waals surface area contributed by atoms with Crippen LogP contribution >= 0.6 is 0 Å². The first-order valence-electron chi connectivity index (χ1n) is 10.0. The zero-order chi connectivity index (χ0) is 22.6. The topological polar surface area (TPSA) is 98.1 Å². The molecule has 0 fully saturated rings. The molecule has 0 unspecified atom stereocenters. The molecule has 0 aliphatic carbocycles. The van der Waals surface area contributed by atoms with Gasteiger partial charge in [-0.1, -0.05) is 51.1 Å². The number of nitrogens with one attached hydrogen (secondary N) is 1. The van der Waals surface area contributed by atoms with Crippen LogP contribution in [0.15, 0.2) is 75.4 Å². The van der Waals surface area contributed by atoms with Crippen LogP contribution in [0.2, 0.25) is 0 Å². The Kier molecular flexibility index (Phi) is 6.70. The van der Waals surface area contributed by atoms with E-state index in [1.54, 1.807) is 24.3 Å². The standard InChI is InChI=1S/C23H25N3O4S/c1-4-17-7-5-6-8-20(17)24-21(27)15-26-23(28)14-13-22(25-26)31(29,30)19-11-9-18(10-12-19)16(2)3/h5-14,16H,4,15H2,1-3H3,(H,24,27). The van der Waals surface area contributed by atoms with E-state index in [-0.39, 0.29) is 15.8 Å². The summed E-state index contributed by atoms with van der Waals surface area (Å²) in [6.07, 6.45) is 0.734. The Labute approximate surface area is 181 Å². The Bertz CT molecular complexity index is 1250. The summed E-state index contributed by atoms with van der Waals surface area (Å²) >= 11 is 0. The number of benzene rings is 2. The van der Waals surface area contributed by atoms with Crippen LogP contribution in [0.4, 0.5) is 5.69 Å². The smallest absolute Gasteiger partial charge is 0.267 e. The van der Waals surface area contributed by atoms with Crippen LogP contribution in [-0.2, 0) is 27.6 Å². The van der Waals surface area contributed by atoms with Gasteiger partial charge in [0.2, 0.25) is 15.7 Å². The minimum Gasteiger partial charge on any atom is -0.324 e. The largest absolute Gasteiger partial charge is 0.324 e. The summed E-state index contributed by atoms with van der Waals surface area (Å²) in [6.45, 7) is 5.61. The van der Waals surface area contributed by atoms with Crippen LogP contribution < -0.4 is 10.9 Å². The number of aromatic nitrogens is 2. The van der Waals surface area contributed by atoms with Crippen molar-refractivity contribution in [1.82, 2.24) is 9.78 Å². The molecule has 7 nitrogen and oxygen atoms in total. The number of hydrogen-bond acceptors (Lipinski definition) is 5. The van der Waals surface area contributed by atoms with Gasteiger partial charge in [-0.2, -0.15) is 5.10 Å². The highest BCUT2D eigenvalue weighted by Gasteiger charge is 2.21. The SMILES string of the molecule is CCc1ccccc1NC(=O)Cn1nc(S(=O)(=O)c2ccc(C(C)C)cc2)ccc1=O. The number of sulfone groups is 1. The Balaban J connectivity index is 1.85. The number of aryl methyl sites for hydroxylation is 1. The third-order valence-corrected chi connectivity index (χ3v) is 6.60. The van der Waals surface area contributed by atoms with Crippen LogP contribution in [0.5, 0.6) is 0 Å². The molecular formula is C23H25N3O4S. The molecular weight excluding hydrogens is 414 g/mol. The molecule has 162 valence electrons. The first-order valence-corrected chi connectivity index (χ1v) is 11.5. The number of nitrogens with zero attached hydrogens (tertiary/aromatic N) is 2. The lowest BCUT2D eigenvalue weighted by atomic mass is 10.0. The van der Waals surface area contributed by atoms with E-state index in [9.17, 15) is 18.0 Å². The van der Waals surface area contributed by atoms with E-state index in [2.05, 4.69) is 10.4 Å². The predicted octanol–water partition coefficient (Wildman–Crippen LogP) is 3.40. The van der Waals surface area contributed by atoms with Crippen LogP contribution in [-0.4, -0.2) is 24.1 Å². The lowest BCUT2D eigenvalue weighted by molar-refractivity contribution is -0.117. The molecule has 0 saturated carbocycles. The summed E-state index contributed by atoms with van der Waals surface area (Å²) in [5.41, 5.74) is 2.06. The quantitative estimate of drug-likeness (QED) is 0.608. The van der Waals surface area contributed by atoms with Crippen LogP contribution in [0.3, 0.4) is 0 Å². The summed E-state index contributed by atoms with van der Waals surface area (Å²) < 4.78 is 26.8. The monoisotopic (exact) mass is 439 g/mol. The number of carbonyl (C=O) groups is 1. The number of anilines is 1. The lowest BCUT2D eigenvalue weighted by Gasteiger charge is -2.11. The molecule has 0 radical (unpaired) electrons. The Morgan fingerprint density at radius 2 is 1.71 bits per heavy atom. The number of para-hydroxylation sites is 1. The van der Waals surface area contributed by atoms with Crippen molar-refractivity contribution in [2.45, 2.75) is 49.6 Å². The van der Waals surface area contributed by atoms with Gasteiger partial charge in [-0.15, -0.1) is 0 Å². The highest BCUT2D eigenvalue weighted by molar-refractivity contribution is 7.91. The second kappa shape index (κ2) is 9.26. The zero-order valence-electron chi connectivity index (χ0n) is 17.7. The van der Waals surface area contributed by atoms with Crippen LogP contribution in [0.25, 0.3) is 0 Å². The zero-order valence-corrected chi connectivity index (χ0v) is 18.5. The van der Waals surface area contributed by atoms with Gasteiger partial charge in [-0.25, -0.2) is 13.1 Å². The third-order valence-electron chi connectivity index (χ3n) is 4.94. The fraction of sp³-hybridized carbons (Fsp3) is 0.261. The van der Waals surface area contributed by atoms with Gasteiger partial charge in [0.25, 0.3) is 5.56 Å². The fourth-order valence-corrected chi connectivity index (χ4v) is 4.30. The Morgan fingerprint density at radius 3 is 2.35 bits per heavy atom. The number of carbonyl (C=O) groups excluding carboxylic acids is 1. The second-order valence-electron chi connectivity index (χ2n) is 7.45. The van der Waals surface area contributed by atoms with Gasteiger partial charge in [0.05, 0.1) is 4.90 Å². The van der Waals surface area contributed by atoms with E-state index >= 15 is 0 Å². The van der Waals surface area contributed by atoms with Crippen molar-refractivity contribution in [3.63, 3.8) is 0 Å². The number of rotatable bonds is 7. The van der Waals surface area contributed by atoms with Crippen molar-refractivity contribution < 1.29 is 13.2 Å². The minimum atomic E-state index is -3.93. The van der Waals surface area contributed by atoms with Gasteiger partial charge >= 0.3 is 0 Å². The minimum absolute atomic E-state index is 0.0796. The van der Waals surface area contributed by atoms with Crippen LogP contribution in [0, 0.1) is 0 Å². The van der Waals surface area contributed by atoms with E-state index in [1.165, 1.54) is 12.1 Å². The van der Waals surface area contributed by atoms with E-state index < -0.39 is 27.8 Å². The molecule has 1 amide bonds. The van der Waals surface area contributed by atoms with E-state index in [1.807, 2.05) is 32.9 Å². The summed E-state index contributed by atoms with van der Waals surface area (Å²) in [6, 6.07) is 16.2. The molecule has 1 N–H and O–H groups in total. The molecule has 3 rings (SSSR count). The summed E-state index contributed by atoms with van der Waals surface area (Å²) in [5, 5.41) is 6.43. The third kappa shape index (κ3) is 5.08. The van der Waals surface area contributed by atoms with Gasteiger partial charge in [0.15, 0.2) is 5.03 Å². The fourth-order valence-electron chi connectivity index (χ4n) is 3.12. The average molecular weight is 440 g/mol. The molecule has 31 heavy (non-hydrogen) atoms. The highest BCUT2D eigenvalue weighted by atomic mass is 32.2. The normalized spacial score (nSPS) is 11.5. The number of amides is 1. The molecule has 0 bridgehead atoms. The summed E-state index contributed by atoms with van der Waals surface area (Å²) in [7, 11) is -3.93. The molecule has 0 spiro atoms. The van der Waals surface area contributed by atoms with Crippen molar-refractivity contribution in [1.29, 1.82) is 0 Å². The molecule has 2 aromatic carbocycles. The van der Waals surface area contributed by atoms with E-state index in [0.29, 0.717) is 5.69 Å². The lowest BCUT2D eigenvalue weighted by Crippen LogP contribution is -2.30. The van der Waals surface area contributed by atoms with Crippen LogP contribution in [0.1, 0.15) is 37.8 Å².